The van der Waals surface area contributed by atoms with E-state index in [4.69, 9.17) is 9.72 Å². The number of ether oxygens (including phenoxy) is 1. The summed E-state index contributed by atoms with van der Waals surface area (Å²) < 4.78 is 6.95. The summed E-state index contributed by atoms with van der Waals surface area (Å²) in [5.41, 5.74) is 6.08. The maximum atomic E-state index is 11.6. The molecular formula is C23H20N2O2S. The number of hydrogen-bond donors (Lipinski definition) is 0. The molecule has 0 spiro atoms. The lowest BCUT2D eigenvalue weighted by atomic mass is 10.1. The molecule has 0 saturated heterocycles. The van der Waals surface area contributed by atoms with Crippen LogP contribution in [0.3, 0.4) is 0 Å². The number of hydrogen-bond acceptors (Lipinski definition) is 4. The maximum absolute atomic E-state index is 11.6. The molecule has 0 aliphatic heterocycles. The maximum Gasteiger partial charge on any atom is 0.337 e. The number of thioether (sulfide) groups is 1. The second kappa shape index (κ2) is 7.90. The fraction of sp³-hybridized carbons (Fsp3) is 0.130. The van der Waals surface area contributed by atoms with Gasteiger partial charge in [0, 0.05) is 11.4 Å². The molecule has 0 N–H and O–H groups in total. The molecule has 4 rings (SSSR count). The van der Waals surface area contributed by atoms with Crippen LogP contribution in [0, 0.1) is 6.92 Å². The highest BCUT2D eigenvalue weighted by Gasteiger charge is 2.13. The second-order valence-electron chi connectivity index (χ2n) is 6.53. The molecule has 0 aliphatic rings. The first-order chi connectivity index (χ1) is 13.7. The van der Waals surface area contributed by atoms with E-state index < -0.39 is 0 Å². The molecule has 28 heavy (non-hydrogen) atoms. The van der Waals surface area contributed by atoms with Crippen molar-refractivity contribution < 1.29 is 9.53 Å². The van der Waals surface area contributed by atoms with E-state index in [0.29, 0.717) is 5.56 Å². The fourth-order valence-electron chi connectivity index (χ4n) is 3.05. The molecule has 0 aliphatic carbocycles. The van der Waals surface area contributed by atoms with E-state index in [1.54, 1.807) is 23.9 Å². The molecule has 4 aromatic rings. The summed E-state index contributed by atoms with van der Waals surface area (Å²) in [6.45, 7) is 2.09. The Bertz CT molecular complexity index is 1120. The standard InChI is InChI=1S/C23H20N2O2S/c1-16-7-13-19(14-8-16)25-21-6-4-3-5-20(21)24-23(25)28-15-17-9-11-18(12-10-17)22(26)27-2/h3-14H,15H2,1-2H3. The normalized spacial score (nSPS) is 10.9. The van der Waals surface area contributed by atoms with Gasteiger partial charge in [0.05, 0.1) is 23.7 Å². The van der Waals surface area contributed by atoms with Crippen LogP contribution in [0.5, 0.6) is 0 Å². The third-order valence-electron chi connectivity index (χ3n) is 4.57. The van der Waals surface area contributed by atoms with E-state index in [2.05, 4.69) is 41.8 Å². The van der Waals surface area contributed by atoms with Crippen molar-refractivity contribution in [1.82, 2.24) is 9.55 Å². The molecule has 0 saturated carbocycles. The average Bonchev–Trinajstić information content (AvgIpc) is 3.11. The van der Waals surface area contributed by atoms with Gasteiger partial charge in [0.1, 0.15) is 0 Å². The van der Waals surface area contributed by atoms with Crippen LogP contribution in [0.2, 0.25) is 0 Å². The van der Waals surface area contributed by atoms with Crippen LogP contribution >= 0.6 is 11.8 Å². The zero-order chi connectivity index (χ0) is 19.5. The molecule has 0 unspecified atom stereocenters. The van der Waals surface area contributed by atoms with Gasteiger partial charge >= 0.3 is 5.97 Å². The van der Waals surface area contributed by atoms with Gasteiger partial charge in [0.2, 0.25) is 0 Å². The topological polar surface area (TPSA) is 44.1 Å². The monoisotopic (exact) mass is 388 g/mol. The number of aromatic nitrogens is 2. The number of esters is 1. The van der Waals surface area contributed by atoms with Crippen LogP contribution in [-0.2, 0) is 10.5 Å². The minimum Gasteiger partial charge on any atom is -0.465 e. The van der Waals surface area contributed by atoms with Gasteiger partial charge in [-0.3, -0.25) is 4.57 Å². The van der Waals surface area contributed by atoms with Gasteiger partial charge in [-0.2, -0.15) is 0 Å². The quantitative estimate of drug-likeness (QED) is 0.339. The van der Waals surface area contributed by atoms with Gasteiger partial charge < -0.3 is 4.74 Å². The summed E-state index contributed by atoms with van der Waals surface area (Å²) in [5, 5.41) is 0.946. The summed E-state index contributed by atoms with van der Waals surface area (Å²) in [6.07, 6.45) is 0. The number of carbonyl (C=O) groups is 1. The number of nitrogens with zero attached hydrogens (tertiary/aromatic N) is 2. The lowest BCUT2D eigenvalue weighted by Crippen LogP contribution is -2.00. The summed E-state index contributed by atoms with van der Waals surface area (Å²) in [5.74, 6) is 0.441. The highest BCUT2D eigenvalue weighted by molar-refractivity contribution is 7.98. The number of methoxy groups -OCH3 is 1. The van der Waals surface area contributed by atoms with E-state index in [9.17, 15) is 4.79 Å². The fourth-order valence-corrected chi connectivity index (χ4v) is 4.03. The Hall–Kier alpha value is -3.05. The molecule has 4 nitrogen and oxygen atoms in total. The van der Waals surface area contributed by atoms with Crippen LogP contribution in [0.15, 0.2) is 78.0 Å². The number of carbonyl (C=O) groups excluding carboxylic acids is 1. The van der Waals surface area contributed by atoms with Gasteiger partial charge in [-0.1, -0.05) is 53.7 Å². The second-order valence-corrected chi connectivity index (χ2v) is 7.47. The molecule has 3 aromatic carbocycles. The Balaban J connectivity index is 1.64. The highest BCUT2D eigenvalue weighted by atomic mass is 32.2. The zero-order valence-electron chi connectivity index (χ0n) is 15.8. The lowest BCUT2D eigenvalue weighted by molar-refractivity contribution is 0.0600. The van der Waals surface area contributed by atoms with Crippen molar-refractivity contribution in [2.75, 3.05) is 7.11 Å². The molecular weight excluding hydrogens is 368 g/mol. The van der Waals surface area contributed by atoms with Crippen molar-refractivity contribution in [3.63, 3.8) is 0 Å². The summed E-state index contributed by atoms with van der Waals surface area (Å²) in [4.78, 5) is 16.4. The molecule has 5 heteroatoms. The van der Waals surface area contributed by atoms with E-state index in [1.165, 1.54) is 12.7 Å². The Kier molecular flexibility index (Phi) is 5.17. The van der Waals surface area contributed by atoms with Crippen LogP contribution in [-0.4, -0.2) is 22.6 Å². The number of rotatable bonds is 5. The Labute approximate surface area is 168 Å². The number of aryl methyl sites for hydroxylation is 1. The van der Waals surface area contributed by atoms with Gasteiger partial charge in [-0.15, -0.1) is 0 Å². The highest BCUT2D eigenvalue weighted by Crippen LogP contribution is 2.30. The Morgan fingerprint density at radius 3 is 2.43 bits per heavy atom. The first-order valence-electron chi connectivity index (χ1n) is 9.00. The number of imidazole rings is 1. The molecule has 0 fully saturated rings. The third-order valence-corrected chi connectivity index (χ3v) is 5.57. The van der Waals surface area contributed by atoms with Crippen LogP contribution in [0.25, 0.3) is 16.7 Å². The molecule has 0 radical (unpaired) electrons. The van der Waals surface area contributed by atoms with E-state index in [-0.39, 0.29) is 5.97 Å². The molecule has 0 bridgehead atoms. The third kappa shape index (κ3) is 3.66. The smallest absolute Gasteiger partial charge is 0.337 e. The minimum absolute atomic E-state index is 0.319. The predicted molar refractivity (Wildman–Crippen MR) is 113 cm³/mol. The number of fused-ring (bicyclic) bond motifs is 1. The molecule has 140 valence electrons. The first-order valence-corrected chi connectivity index (χ1v) is 9.99. The van der Waals surface area contributed by atoms with Crippen molar-refractivity contribution in [3.8, 4) is 5.69 Å². The zero-order valence-corrected chi connectivity index (χ0v) is 16.6. The molecule has 1 heterocycles. The average molecular weight is 388 g/mol. The van der Waals surface area contributed by atoms with Gasteiger partial charge in [0.25, 0.3) is 0 Å². The van der Waals surface area contributed by atoms with Gasteiger partial charge in [0.15, 0.2) is 5.16 Å². The first kappa shape index (κ1) is 18.3. The Morgan fingerprint density at radius 1 is 1.00 bits per heavy atom. The van der Waals surface area contributed by atoms with Crippen molar-refractivity contribution in [1.29, 1.82) is 0 Å². The predicted octanol–water partition coefficient (Wildman–Crippen LogP) is 5.41. The largest absolute Gasteiger partial charge is 0.465 e. The number of para-hydroxylation sites is 2. The molecule has 0 atom stereocenters. The minimum atomic E-state index is -0.319. The van der Waals surface area contributed by atoms with Crippen molar-refractivity contribution in [2.45, 2.75) is 17.8 Å². The van der Waals surface area contributed by atoms with E-state index >= 15 is 0 Å². The SMILES string of the molecule is COC(=O)c1ccc(CSc2nc3ccccc3n2-c2ccc(C)cc2)cc1. The summed E-state index contributed by atoms with van der Waals surface area (Å²) in [6, 6.07) is 24.2. The van der Waals surface area contributed by atoms with Crippen molar-refractivity contribution in [2.24, 2.45) is 0 Å². The van der Waals surface area contributed by atoms with Crippen LogP contribution in [0.1, 0.15) is 21.5 Å². The Morgan fingerprint density at radius 2 is 1.71 bits per heavy atom. The lowest BCUT2D eigenvalue weighted by Gasteiger charge is -2.09. The molecule has 0 amide bonds. The van der Waals surface area contributed by atoms with Gasteiger partial charge in [-0.25, -0.2) is 9.78 Å². The molecule has 1 aromatic heterocycles. The van der Waals surface area contributed by atoms with Gasteiger partial charge in [-0.05, 0) is 48.9 Å². The van der Waals surface area contributed by atoms with E-state index in [0.717, 1.165) is 33.2 Å². The van der Waals surface area contributed by atoms with Crippen LogP contribution in [0.4, 0.5) is 0 Å². The van der Waals surface area contributed by atoms with Crippen LogP contribution < -0.4 is 0 Å². The van der Waals surface area contributed by atoms with E-state index in [1.807, 2.05) is 30.3 Å². The summed E-state index contributed by atoms with van der Waals surface area (Å²) >= 11 is 1.68. The van der Waals surface area contributed by atoms with Crippen molar-refractivity contribution in [3.05, 3.63) is 89.5 Å². The number of benzene rings is 3. The van der Waals surface area contributed by atoms with Crippen molar-refractivity contribution >= 4 is 28.8 Å². The summed E-state index contributed by atoms with van der Waals surface area (Å²) in [7, 11) is 1.39.